The van der Waals surface area contributed by atoms with E-state index in [2.05, 4.69) is 23.1 Å². The second-order valence-corrected chi connectivity index (χ2v) is 5.60. The second-order valence-electron chi connectivity index (χ2n) is 5.60. The maximum Gasteiger partial charge on any atom is 0.109 e. The first kappa shape index (κ1) is 14.0. The molecule has 5 heteroatoms. The maximum absolute atomic E-state index is 10.4. The lowest BCUT2D eigenvalue weighted by Gasteiger charge is -2.36. The van der Waals surface area contributed by atoms with Crippen LogP contribution < -0.4 is 5.73 Å². The average Bonchev–Trinajstić information content (AvgIpc) is 2.82. The third-order valence-electron chi connectivity index (χ3n) is 4.46. The number of hydrogen-bond donors (Lipinski definition) is 3. The van der Waals surface area contributed by atoms with Crippen LogP contribution in [-0.4, -0.2) is 59.2 Å². The number of fused-ring (bicyclic) bond motifs is 1. The first-order chi connectivity index (χ1) is 9.74. The summed E-state index contributed by atoms with van der Waals surface area (Å²) in [7, 11) is 0. The lowest BCUT2D eigenvalue weighted by Crippen LogP contribution is -2.51. The summed E-state index contributed by atoms with van der Waals surface area (Å²) < 4.78 is 5.66. The molecule has 110 valence electrons. The molecule has 0 aliphatic carbocycles. The molecule has 0 saturated carbocycles. The highest BCUT2D eigenvalue weighted by Gasteiger charge is 2.46. The van der Waals surface area contributed by atoms with Gasteiger partial charge in [-0.25, -0.2) is 0 Å². The predicted octanol–water partition coefficient (Wildman–Crippen LogP) is -0.507. The summed E-state index contributed by atoms with van der Waals surface area (Å²) >= 11 is 0. The van der Waals surface area contributed by atoms with Crippen molar-refractivity contribution >= 4 is 0 Å². The molecule has 3 rings (SSSR count). The van der Waals surface area contributed by atoms with Crippen molar-refractivity contribution in [3.8, 4) is 0 Å². The molecular weight excluding hydrogens is 256 g/mol. The van der Waals surface area contributed by atoms with Gasteiger partial charge in [0.2, 0.25) is 0 Å². The van der Waals surface area contributed by atoms with Gasteiger partial charge in [0.15, 0.2) is 0 Å². The first-order valence-electron chi connectivity index (χ1n) is 7.20. The Morgan fingerprint density at radius 2 is 2.00 bits per heavy atom. The maximum atomic E-state index is 10.4. The molecule has 0 unspecified atom stereocenters. The summed E-state index contributed by atoms with van der Waals surface area (Å²) in [4.78, 5) is 2.24. The van der Waals surface area contributed by atoms with E-state index >= 15 is 0 Å². The molecule has 0 bridgehead atoms. The molecule has 20 heavy (non-hydrogen) atoms. The van der Waals surface area contributed by atoms with Crippen LogP contribution in [0.25, 0.3) is 0 Å². The number of rotatable bonds is 3. The molecule has 0 aromatic heterocycles. The van der Waals surface area contributed by atoms with Gasteiger partial charge in [-0.05, 0) is 17.5 Å². The van der Waals surface area contributed by atoms with E-state index < -0.39 is 12.2 Å². The topological polar surface area (TPSA) is 79.0 Å². The Bertz CT molecular complexity index is 466. The zero-order chi connectivity index (χ0) is 14.1. The highest BCUT2D eigenvalue weighted by molar-refractivity contribution is 5.29. The Balaban J connectivity index is 1.79. The van der Waals surface area contributed by atoms with Gasteiger partial charge in [0.1, 0.15) is 12.2 Å². The Morgan fingerprint density at radius 1 is 1.25 bits per heavy atom. The summed E-state index contributed by atoms with van der Waals surface area (Å²) in [5.74, 6) is 0. The molecule has 0 radical (unpaired) electrons. The van der Waals surface area contributed by atoms with Crippen LogP contribution in [0.15, 0.2) is 24.3 Å². The SMILES string of the molecule is NC[C@@H]1O[C@H](CO)[C@H](O)[C@@H]1N1CCc2ccccc2C1. The number of aliphatic hydroxyl groups excluding tert-OH is 2. The summed E-state index contributed by atoms with van der Waals surface area (Å²) in [6.07, 6.45) is -0.447. The standard InChI is InChI=1S/C15H22N2O3/c16-7-12-14(15(19)13(9-18)20-12)17-6-5-10-3-1-2-4-11(10)8-17/h1-4,12-15,18-19H,5-9,16H2/t12-,13+,14+,15-/m0/s1. The van der Waals surface area contributed by atoms with Crippen LogP contribution in [0.1, 0.15) is 11.1 Å². The lowest BCUT2D eigenvalue weighted by molar-refractivity contribution is -0.0193. The Hall–Kier alpha value is -0.980. The molecule has 1 saturated heterocycles. The third-order valence-corrected chi connectivity index (χ3v) is 4.46. The number of ether oxygens (including phenoxy) is 1. The molecular formula is C15H22N2O3. The number of hydrogen-bond acceptors (Lipinski definition) is 5. The van der Waals surface area contributed by atoms with Gasteiger partial charge in [0.25, 0.3) is 0 Å². The van der Waals surface area contributed by atoms with E-state index in [4.69, 9.17) is 10.5 Å². The fourth-order valence-electron chi connectivity index (χ4n) is 3.39. The molecule has 1 fully saturated rings. The summed E-state index contributed by atoms with van der Waals surface area (Å²) in [5.41, 5.74) is 8.44. The fraction of sp³-hybridized carbons (Fsp3) is 0.600. The minimum Gasteiger partial charge on any atom is -0.394 e. The van der Waals surface area contributed by atoms with E-state index in [-0.39, 0.29) is 18.8 Å². The minimum atomic E-state index is -0.682. The van der Waals surface area contributed by atoms with Crippen LogP contribution >= 0.6 is 0 Å². The van der Waals surface area contributed by atoms with Crippen molar-refractivity contribution in [3.05, 3.63) is 35.4 Å². The van der Waals surface area contributed by atoms with Gasteiger partial charge in [-0.1, -0.05) is 24.3 Å². The minimum absolute atomic E-state index is 0.134. The van der Waals surface area contributed by atoms with Crippen LogP contribution in [0.5, 0.6) is 0 Å². The Morgan fingerprint density at radius 3 is 2.70 bits per heavy atom. The van der Waals surface area contributed by atoms with Gasteiger partial charge in [0, 0.05) is 19.6 Å². The van der Waals surface area contributed by atoms with Crippen molar-refractivity contribution in [1.29, 1.82) is 0 Å². The molecule has 5 nitrogen and oxygen atoms in total. The van der Waals surface area contributed by atoms with Crippen LogP contribution in [0.4, 0.5) is 0 Å². The Kier molecular flexibility index (Phi) is 4.05. The third kappa shape index (κ3) is 2.36. The largest absolute Gasteiger partial charge is 0.394 e. The fourth-order valence-corrected chi connectivity index (χ4v) is 3.39. The van der Waals surface area contributed by atoms with Crippen molar-refractivity contribution in [3.63, 3.8) is 0 Å². The molecule has 2 heterocycles. The van der Waals surface area contributed by atoms with E-state index in [1.807, 2.05) is 6.07 Å². The van der Waals surface area contributed by atoms with E-state index in [0.29, 0.717) is 6.54 Å². The molecule has 2 aliphatic rings. The van der Waals surface area contributed by atoms with Gasteiger partial charge in [0.05, 0.1) is 18.8 Å². The van der Waals surface area contributed by atoms with Crippen molar-refractivity contribution in [2.45, 2.75) is 37.3 Å². The first-order valence-corrected chi connectivity index (χ1v) is 7.20. The average molecular weight is 278 g/mol. The highest BCUT2D eigenvalue weighted by Crippen LogP contribution is 2.29. The zero-order valence-corrected chi connectivity index (χ0v) is 11.5. The summed E-state index contributed by atoms with van der Waals surface area (Å²) in [6, 6.07) is 8.26. The van der Waals surface area contributed by atoms with Gasteiger partial charge < -0.3 is 20.7 Å². The van der Waals surface area contributed by atoms with Gasteiger partial charge >= 0.3 is 0 Å². The number of aliphatic hydroxyl groups is 2. The molecule has 1 aromatic carbocycles. The van der Waals surface area contributed by atoms with Crippen molar-refractivity contribution < 1.29 is 14.9 Å². The van der Waals surface area contributed by atoms with Crippen molar-refractivity contribution in [1.82, 2.24) is 4.90 Å². The molecule has 0 spiro atoms. The number of nitrogens with zero attached hydrogens (tertiary/aromatic N) is 1. The van der Waals surface area contributed by atoms with Crippen LogP contribution in [0.2, 0.25) is 0 Å². The normalized spacial score (nSPS) is 34.1. The molecule has 4 atom stereocenters. The van der Waals surface area contributed by atoms with E-state index in [1.54, 1.807) is 0 Å². The molecule has 0 amide bonds. The van der Waals surface area contributed by atoms with Crippen molar-refractivity contribution in [2.24, 2.45) is 5.73 Å². The van der Waals surface area contributed by atoms with Crippen LogP contribution in [-0.2, 0) is 17.7 Å². The van der Waals surface area contributed by atoms with Gasteiger partial charge in [-0.15, -0.1) is 0 Å². The molecule has 1 aromatic rings. The van der Waals surface area contributed by atoms with Gasteiger partial charge in [-0.3, -0.25) is 4.90 Å². The summed E-state index contributed by atoms with van der Waals surface area (Å²) in [5, 5.41) is 19.6. The monoisotopic (exact) mass is 278 g/mol. The smallest absolute Gasteiger partial charge is 0.109 e. The lowest BCUT2D eigenvalue weighted by atomic mass is 9.95. The highest BCUT2D eigenvalue weighted by atomic mass is 16.5. The van der Waals surface area contributed by atoms with Gasteiger partial charge in [-0.2, -0.15) is 0 Å². The van der Waals surface area contributed by atoms with Crippen LogP contribution in [0.3, 0.4) is 0 Å². The number of nitrogens with two attached hydrogens (primary N) is 1. The van der Waals surface area contributed by atoms with Crippen molar-refractivity contribution in [2.75, 3.05) is 19.7 Å². The summed E-state index contributed by atoms with van der Waals surface area (Å²) in [6.45, 7) is 1.88. The Labute approximate surface area is 119 Å². The molecule has 4 N–H and O–H groups in total. The zero-order valence-electron chi connectivity index (χ0n) is 11.5. The predicted molar refractivity (Wildman–Crippen MR) is 75.2 cm³/mol. The quantitative estimate of drug-likeness (QED) is 0.694. The van der Waals surface area contributed by atoms with E-state index in [0.717, 1.165) is 19.5 Å². The number of benzene rings is 1. The van der Waals surface area contributed by atoms with E-state index in [9.17, 15) is 10.2 Å². The molecule has 2 aliphatic heterocycles. The van der Waals surface area contributed by atoms with E-state index in [1.165, 1.54) is 11.1 Å². The van der Waals surface area contributed by atoms with Crippen LogP contribution in [0, 0.1) is 0 Å². The second kappa shape index (κ2) is 5.79.